The van der Waals surface area contributed by atoms with Gasteiger partial charge in [0.15, 0.2) is 0 Å². The van der Waals surface area contributed by atoms with Gasteiger partial charge >= 0.3 is 0 Å². The second-order valence-electron chi connectivity index (χ2n) is 6.24. The Morgan fingerprint density at radius 3 is 2.65 bits per heavy atom. The highest BCUT2D eigenvalue weighted by Gasteiger charge is 2.19. The van der Waals surface area contributed by atoms with Crippen LogP contribution >= 0.6 is 0 Å². The lowest BCUT2D eigenvalue weighted by atomic mass is 9.86. The number of fused-ring (bicyclic) bond motifs is 1. The van der Waals surface area contributed by atoms with Crippen molar-refractivity contribution in [3.63, 3.8) is 0 Å². The molecule has 1 aromatic rings. The summed E-state index contributed by atoms with van der Waals surface area (Å²) >= 11 is 0. The molecule has 1 N–H and O–H groups in total. The third kappa shape index (κ3) is 2.56. The van der Waals surface area contributed by atoms with E-state index >= 15 is 0 Å². The molecule has 2 nitrogen and oxygen atoms in total. The monoisotopic (exact) mass is 232 g/mol. The molecule has 1 aliphatic rings. The Bertz CT molecular complexity index is 404. The summed E-state index contributed by atoms with van der Waals surface area (Å²) < 4.78 is 0. The van der Waals surface area contributed by atoms with Gasteiger partial charge in [-0.3, -0.25) is 0 Å². The van der Waals surface area contributed by atoms with Gasteiger partial charge in [-0.25, -0.2) is 0 Å². The zero-order valence-electron chi connectivity index (χ0n) is 11.7. The maximum Gasteiger partial charge on any atom is 0.0599 e. The van der Waals surface area contributed by atoms with Gasteiger partial charge < -0.3 is 10.2 Å². The molecule has 0 amide bonds. The van der Waals surface area contributed by atoms with Crippen LogP contribution in [0.2, 0.25) is 0 Å². The van der Waals surface area contributed by atoms with E-state index in [0.717, 1.165) is 6.54 Å². The average molecular weight is 232 g/mol. The molecule has 0 aromatic heterocycles. The fourth-order valence-corrected chi connectivity index (χ4v) is 2.30. The van der Waals surface area contributed by atoms with Crippen molar-refractivity contribution < 1.29 is 0 Å². The molecule has 0 fully saturated rings. The van der Waals surface area contributed by atoms with Crippen molar-refractivity contribution in [1.29, 1.82) is 0 Å². The zero-order valence-corrected chi connectivity index (χ0v) is 11.7. The first-order chi connectivity index (χ1) is 7.88. The summed E-state index contributed by atoms with van der Waals surface area (Å²) in [5.74, 6) is 0. The lowest BCUT2D eigenvalue weighted by molar-refractivity contribution is 0.590. The van der Waals surface area contributed by atoms with Crippen molar-refractivity contribution in [3.8, 4) is 0 Å². The first-order valence-corrected chi connectivity index (χ1v) is 6.50. The second-order valence-corrected chi connectivity index (χ2v) is 6.24. The van der Waals surface area contributed by atoms with Crippen molar-refractivity contribution in [2.75, 3.05) is 23.8 Å². The summed E-state index contributed by atoms with van der Waals surface area (Å²) in [4.78, 5) is 2.35. The quantitative estimate of drug-likeness (QED) is 0.735. The lowest BCUT2D eigenvalue weighted by Crippen LogP contribution is -2.19. The Morgan fingerprint density at radius 2 is 2.00 bits per heavy atom. The van der Waals surface area contributed by atoms with Crippen LogP contribution in [0.15, 0.2) is 18.2 Å². The van der Waals surface area contributed by atoms with E-state index in [1.807, 2.05) is 0 Å². The molecule has 0 aliphatic carbocycles. The van der Waals surface area contributed by atoms with Gasteiger partial charge in [0.1, 0.15) is 0 Å². The largest absolute Gasteiger partial charge is 0.381 e. The summed E-state index contributed by atoms with van der Waals surface area (Å²) in [5.41, 5.74) is 4.21. The van der Waals surface area contributed by atoms with E-state index in [0.29, 0.717) is 6.04 Å². The van der Waals surface area contributed by atoms with E-state index in [2.05, 4.69) is 63.2 Å². The molecule has 0 bridgehead atoms. The number of nitrogens with one attached hydrogen (secondary N) is 1. The number of rotatable bonds is 0. The molecule has 17 heavy (non-hydrogen) atoms. The third-order valence-electron chi connectivity index (χ3n) is 3.57. The van der Waals surface area contributed by atoms with Crippen molar-refractivity contribution in [2.24, 2.45) is 0 Å². The Labute approximate surface area is 105 Å². The lowest BCUT2D eigenvalue weighted by Gasteiger charge is -2.24. The molecule has 1 aliphatic heterocycles. The van der Waals surface area contributed by atoms with Crippen LogP contribution in [0.5, 0.6) is 0 Å². The fraction of sp³-hybridized carbons (Fsp3) is 0.600. The van der Waals surface area contributed by atoms with Gasteiger partial charge in [-0.1, -0.05) is 26.8 Å². The predicted octanol–water partition coefficient (Wildman–Crippen LogP) is 3.62. The minimum atomic E-state index is 0.213. The summed E-state index contributed by atoms with van der Waals surface area (Å²) in [5, 5.41) is 3.62. The van der Waals surface area contributed by atoms with Gasteiger partial charge in [0.2, 0.25) is 0 Å². The molecule has 0 saturated carbocycles. The fourth-order valence-electron chi connectivity index (χ4n) is 2.30. The second kappa shape index (κ2) is 4.25. The van der Waals surface area contributed by atoms with Gasteiger partial charge in [0.25, 0.3) is 0 Å². The minimum absolute atomic E-state index is 0.213. The summed E-state index contributed by atoms with van der Waals surface area (Å²) in [6, 6.07) is 7.37. The number of nitrogens with zero attached hydrogens (tertiary/aromatic N) is 1. The van der Waals surface area contributed by atoms with Crippen molar-refractivity contribution in [2.45, 2.75) is 45.6 Å². The van der Waals surface area contributed by atoms with E-state index in [4.69, 9.17) is 0 Å². The van der Waals surface area contributed by atoms with Crippen LogP contribution in [0, 0.1) is 0 Å². The molecule has 0 spiro atoms. The first-order valence-electron chi connectivity index (χ1n) is 6.50. The maximum absolute atomic E-state index is 3.62. The molecule has 1 unspecified atom stereocenters. The van der Waals surface area contributed by atoms with Crippen LogP contribution in [-0.2, 0) is 5.41 Å². The highest BCUT2D eigenvalue weighted by Crippen LogP contribution is 2.33. The zero-order chi connectivity index (χ0) is 12.6. The predicted molar refractivity (Wildman–Crippen MR) is 76.1 cm³/mol. The van der Waals surface area contributed by atoms with Crippen molar-refractivity contribution in [1.82, 2.24) is 0 Å². The molecule has 1 heterocycles. The number of hydrogen-bond donors (Lipinski definition) is 1. The molecular weight excluding hydrogens is 208 g/mol. The summed E-state index contributed by atoms with van der Waals surface area (Å²) in [7, 11) is 2.18. The van der Waals surface area contributed by atoms with Crippen LogP contribution in [0.4, 0.5) is 11.4 Å². The van der Waals surface area contributed by atoms with Gasteiger partial charge in [0, 0.05) is 19.6 Å². The topological polar surface area (TPSA) is 15.3 Å². The third-order valence-corrected chi connectivity index (χ3v) is 3.57. The highest BCUT2D eigenvalue weighted by molar-refractivity contribution is 5.72. The van der Waals surface area contributed by atoms with E-state index in [-0.39, 0.29) is 5.41 Å². The minimum Gasteiger partial charge on any atom is -0.381 e. The van der Waals surface area contributed by atoms with Crippen LogP contribution < -0.4 is 10.2 Å². The van der Waals surface area contributed by atoms with E-state index in [1.54, 1.807) is 0 Å². The van der Waals surface area contributed by atoms with E-state index in [9.17, 15) is 0 Å². The molecule has 2 heteroatoms. The average Bonchev–Trinajstić information content (AvgIpc) is 2.37. The first kappa shape index (κ1) is 12.3. The van der Waals surface area contributed by atoms with Crippen LogP contribution in [0.1, 0.15) is 39.7 Å². The van der Waals surface area contributed by atoms with E-state index in [1.165, 1.54) is 23.4 Å². The normalized spacial score (nSPS) is 20.5. The molecule has 0 radical (unpaired) electrons. The number of hydrogen-bond acceptors (Lipinski definition) is 2. The Hall–Kier alpha value is -1.18. The molecule has 1 atom stereocenters. The van der Waals surface area contributed by atoms with Gasteiger partial charge in [0.05, 0.1) is 11.4 Å². The van der Waals surface area contributed by atoms with Crippen LogP contribution in [0.3, 0.4) is 0 Å². The molecule has 2 rings (SSSR count). The van der Waals surface area contributed by atoms with Gasteiger partial charge in [-0.15, -0.1) is 0 Å². The molecule has 0 saturated heterocycles. The smallest absolute Gasteiger partial charge is 0.0599 e. The Kier molecular flexibility index (Phi) is 3.07. The maximum atomic E-state index is 3.62. The Balaban J connectivity index is 2.43. The summed E-state index contributed by atoms with van der Waals surface area (Å²) in [6.45, 7) is 10.2. The number of anilines is 2. The Morgan fingerprint density at radius 1 is 1.29 bits per heavy atom. The molecule has 1 aromatic carbocycles. The standard InChI is InChI=1S/C15H24N2/c1-11-8-9-17(5)14-7-6-12(15(2,3)4)10-13(14)16-11/h6-7,10-11,16H,8-9H2,1-5H3. The SMILES string of the molecule is CC1CCN(C)c2ccc(C(C)(C)C)cc2N1. The summed E-state index contributed by atoms with van der Waals surface area (Å²) in [6.07, 6.45) is 1.19. The van der Waals surface area contributed by atoms with E-state index < -0.39 is 0 Å². The van der Waals surface area contributed by atoms with Crippen molar-refractivity contribution in [3.05, 3.63) is 23.8 Å². The molecular formula is C15H24N2. The highest BCUT2D eigenvalue weighted by atomic mass is 15.1. The van der Waals surface area contributed by atoms with Crippen LogP contribution in [0.25, 0.3) is 0 Å². The van der Waals surface area contributed by atoms with Gasteiger partial charge in [-0.05, 0) is 36.5 Å². The van der Waals surface area contributed by atoms with Crippen molar-refractivity contribution >= 4 is 11.4 Å². The molecule has 94 valence electrons. The van der Waals surface area contributed by atoms with Crippen LogP contribution in [-0.4, -0.2) is 19.6 Å². The van der Waals surface area contributed by atoms with Gasteiger partial charge in [-0.2, -0.15) is 0 Å². The number of benzene rings is 1.